The van der Waals surface area contributed by atoms with Gasteiger partial charge < -0.3 is 18.9 Å². The van der Waals surface area contributed by atoms with Gasteiger partial charge in [0.05, 0.1) is 36.7 Å². The first-order valence-electron chi connectivity index (χ1n) is 13.7. The molecule has 9 heteroatoms. The highest BCUT2D eigenvalue weighted by molar-refractivity contribution is 5.88. The maximum atomic E-state index is 12.9. The molecule has 0 amide bonds. The largest absolute Gasteiger partial charge is 0.488 e. The summed E-state index contributed by atoms with van der Waals surface area (Å²) in [5.74, 6) is 0.894. The molecule has 0 N–H and O–H groups in total. The van der Waals surface area contributed by atoms with E-state index in [9.17, 15) is 10.1 Å². The third-order valence-corrected chi connectivity index (χ3v) is 8.21. The maximum Gasteiger partial charge on any atom is 0.252 e. The lowest BCUT2D eigenvalue weighted by Gasteiger charge is -2.49. The van der Waals surface area contributed by atoms with Crippen molar-refractivity contribution in [3.05, 3.63) is 52.4 Å². The Labute approximate surface area is 224 Å². The molecule has 9 nitrogen and oxygen atoms in total. The summed E-state index contributed by atoms with van der Waals surface area (Å²) in [6, 6.07) is 13.2. The van der Waals surface area contributed by atoms with Crippen molar-refractivity contribution in [2.75, 3.05) is 31.2 Å². The number of rotatable bonds is 8. The number of anilines is 1. The van der Waals surface area contributed by atoms with Crippen LogP contribution in [0.25, 0.3) is 11.0 Å². The Bertz CT molecular complexity index is 1350. The van der Waals surface area contributed by atoms with Gasteiger partial charge in [0.15, 0.2) is 0 Å². The first-order chi connectivity index (χ1) is 18.4. The summed E-state index contributed by atoms with van der Waals surface area (Å²) in [6.07, 6.45) is 4.83. The first-order valence-corrected chi connectivity index (χ1v) is 13.7. The second-order valence-corrected chi connectivity index (χ2v) is 10.5. The van der Waals surface area contributed by atoms with E-state index in [2.05, 4.69) is 60.9 Å². The van der Waals surface area contributed by atoms with Crippen LogP contribution in [0.1, 0.15) is 51.6 Å². The van der Waals surface area contributed by atoms with Crippen molar-refractivity contribution in [1.29, 1.82) is 5.26 Å². The van der Waals surface area contributed by atoms with E-state index in [1.54, 1.807) is 28.6 Å². The number of hydrogen-bond donors (Lipinski definition) is 0. The van der Waals surface area contributed by atoms with Gasteiger partial charge in [-0.05, 0) is 37.5 Å². The van der Waals surface area contributed by atoms with E-state index in [-0.39, 0.29) is 30.3 Å². The molecule has 2 aromatic heterocycles. The Morgan fingerprint density at radius 2 is 1.95 bits per heavy atom. The molecule has 38 heavy (non-hydrogen) atoms. The predicted octanol–water partition coefficient (Wildman–Crippen LogP) is 3.87. The minimum absolute atomic E-state index is 0.0609. The molecule has 2 fully saturated rings. The van der Waals surface area contributed by atoms with E-state index in [0.717, 1.165) is 61.4 Å². The molecule has 2 aliphatic heterocycles. The zero-order valence-corrected chi connectivity index (χ0v) is 22.8. The standard InChI is InChI=1S/C29H38N6O3/c1-5-22-17-35(26-15-28(36)32(4)27-18-33(13-12-30)31-29(26)27)23(6-2)16-34(22)20(3)21-7-9-24(10-8-21)38-25-11-14-37-19-25/h7-10,15,18,20,22-23,25H,5-6,11,13-14,16-17,19H2,1-4H3/t20?,22-,23+,25?/m1/s1. The van der Waals surface area contributed by atoms with Crippen molar-refractivity contribution in [2.24, 2.45) is 7.05 Å². The first kappa shape index (κ1) is 26.3. The Balaban J connectivity index is 1.40. The Morgan fingerprint density at radius 1 is 1.18 bits per heavy atom. The Morgan fingerprint density at radius 3 is 2.61 bits per heavy atom. The molecule has 5 rings (SSSR count). The number of ether oxygens (including phenoxy) is 2. The summed E-state index contributed by atoms with van der Waals surface area (Å²) in [4.78, 5) is 17.9. The van der Waals surface area contributed by atoms with Gasteiger partial charge in [-0.1, -0.05) is 26.0 Å². The number of piperazine rings is 1. The van der Waals surface area contributed by atoms with Gasteiger partial charge in [-0.2, -0.15) is 10.4 Å². The van der Waals surface area contributed by atoms with Crippen molar-refractivity contribution in [3.63, 3.8) is 0 Å². The topological polar surface area (TPSA) is 88.5 Å². The van der Waals surface area contributed by atoms with E-state index >= 15 is 0 Å². The zero-order chi connectivity index (χ0) is 26.8. The minimum atomic E-state index is -0.0609. The van der Waals surface area contributed by atoms with Gasteiger partial charge in [0.1, 0.15) is 23.9 Å². The van der Waals surface area contributed by atoms with E-state index in [4.69, 9.17) is 14.6 Å². The van der Waals surface area contributed by atoms with Gasteiger partial charge in [0.25, 0.3) is 5.56 Å². The number of pyridine rings is 1. The molecule has 2 aliphatic rings. The average molecular weight is 519 g/mol. The van der Waals surface area contributed by atoms with E-state index in [0.29, 0.717) is 12.6 Å². The van der Waals surface area contributed by atoms with Crippen LogP contribution in [0.2, 0.25) is 0 Å². The number of fused-ring (bicyclic) bond motifs is 1. The van der Waals surface area contributed by atoms with Gasteiger partial charge in [-0.25, -0.2) is 0 Å². The van der Waals surface area contributed by atoms with Gasteiger partial charge in [-0.15, -0.1) is 0 Å². The predicted molar refractivity (Wildman–Crippen MR) is 148 cm³/mol. The minimum Gasteiger partial charge on any atom is -0.488 e. The van der Waals surface area contributed by atoms with Crippen molar-refractivity contribution in [2.45, 2.75) is 70.8 Å². The maximum absolute atomic E-state index is 12.9. The van der Waals surface area contributed by atoms with Crippen molar-refractivity contribution in [1.82, 2.24) is 19.2 Å². The lowest BCUT2D eigenvalue weighted by Crippen LogP contribution is -2.58. The number of aromatic nitrogens is 3. The summed E-state index contributed by atoms with van der Waals surface area (Å²) in [7, 11) is 1.76. The lowest BCUT2D eigenvalue weighted by atomic mass is 9.96. The quantitative estimate of drug-likeness (QED) is 0.447. The number of nitrogens with zero attached hydrogens (tertiary/aromatic N) is 6. The third-order valence-electron chi connectivity index (χ3n) is 8.21. The van der Waals surface area contributed by atoms with Crippen LogP contribution in [0.5, 0.6) is 5.75 Å². The normalized spacial score (nSPS) is 23.0. The fraction of sp³-hybridized carbons (Fsp3) is 0.552. The zero-order valence-electron chi connectivity index (χ0n) is 22.8. The Hall–Kier alpha value is -3.35. The van der Waals surface area contributed by atoms with Gasteiger partial charge >= 0.3 is 0 Å². The summed E-state index contributed by atoms with van der Waals surface area (Å²) < 4.78 is 14.7. The van der Waals surface area contributed by atoms with Gasteiger partial charge in [0, 0.05) is 50.7 Å². The van der Waals surface area contributed by atoms with Crippen LogP contribution < -0.4 is 15.2 Å². The van der Waals surface area contributed by atoms with E-state index in [1.807, 2.05) is 0 Å². The highest BCUT2D eigenvalue weighted by Gasteiger charge is 2.36. The molecular formula is C29H38N6O3. The van der Waals surface area contributed by atoms with Crippen LogP contribution in [0.15, 0.2) is 41.3 Å². The molecule has 3 aromatic rings. The van der Waals surface area contributed by atoms with E-state index in [1.165, 1.54) is 5.56 Å². The molecule has 0 aliphatic carbocycles. The lowest BCUT2D eigenvalue weighted by molar-refractivity contribution is 0.101. The summed E-state index contributed by atoms with van der Waals surface area (Å²) in [5.41, 5.74) is 3.62. The average Bonchev–Trinajstić information content (AvgIpc) is 3.60. The molecule has 2 unspecified atom stereocenters. The van der Waals surface area contributed by atoms with Crippen LogP contribution in [0.4, 0.5) is 5.69 Å². The number of nitriles is 1. The highest BCUT2D eigenvalue weighted by atomic mass is 16.5. The Kier molecular flexibility index (Phi) is 7.73. The van der Waals surface area contributed by atoms with Crippen LogP contribution >= 0.6 is 0 Å². The summed E-state index contributed by atoms with van der Waals surface area (Å²) in [6.45, 7) is 10.0. The molecule has 2 saturated heterocycles. The highest BCUT2D eigenvalue weighted by Crippen LogP contribution is 2.34. The number of hydrogen-bond acceptors (Lipinski definition) is 7. The molecule has 202 valence electrons. The van der Waals surface area contributed by atoms with Crippen LogP contribution in [0.3, 0.4) is 0 Å². The molecular weight excluding hydrogens is 480 g/mol. The van der Waals surface area contributed by atoms with Crippen LogP contribution in [-0.4, -0.2) is 63.7 Å². The van der Waals surface area contributed by atoms with Gasteiger partial charge in [-0.3, -0.25) is 14.4 Å². The van der Waals surface area contributed by atoms with Crippen molar-refractivity contribution < 1.29 is 9.47 Å². The smallest absolute Gasteiger partial charge is 0.252 e. The molecule has 4 heterocycles. The second-order valence-electron chi connectivity index (χ2n) is 10.5. The van der Waals surface area contributed by atoms with Gasteiger partial charge in [0.2, 0.25) is 0 Å². The van der Waals surface area contributed by atoms with E-state index < -0.39 is 0 Å². The molecule has 4 atom stereocenters. The fourth-order valence-electron chi connectivity index (χ4n) is 5.88. The van der Waals surface area contributed by atoms with Crippen LogP contribution in [0, 0.1) is 11.3 Å². The molecule has 1 aromatic carbocycles. The summed E-state index contributed by atoms with van der Waals surface area (Å²) >= 11 is 0. The summed E-state index contributed by atoms with van der Waals surface area (Å²) in [5, 5.41) is 13.9. The molecule has 0 radical (unpaired) electrons. The fourth-order valence-corrected chi connectivity index (χ4v) is 5.88. The molecule has 0 spiro atoms. The van der Waals surface area contributed by atoms with Crippen molar-refractivity contribution in [3.8, 4) is 11.8 Å². The van der Waals surface area contributed by atoms with Crippen LogP contribution in [-0.2, 0) is 18.3 Å². The SMILES string of the molecule is CC[C@H]1CN(C(C)c2ccc(OC3CCOC3)cc2)[C@H](CC)CN1c1cc(=O)n(C)c2cn(CC#N)nc12. The molecule has 0 bridgehead atoms. The second kappa shape index (κ2) is 11.2. The third kappa shape index (κ3) is 5.03. The van der Waals surface area contributed by atoms with Crippen molar-refractivity contribution >= 4 is 16.7 Å². The number of benzene rings is 1. The monoisotopic (exact) mass is 518 g/mol. The molecule has 0 saturated carbocycles. The number of aryl methyl sites for hydroxylation is 1.